The van der Waals surface area contributed by atoms with Gasteiger partial charge in [0.15, 0.2) is 5.54 Å². The van der Waals surface area contributed by atoms with Crippen LogP contribution in [-0.4, -0.2) is 54.1 Å². The highest BCUT2D eigenvalue weighted by molar-refractivity contribution is 5.92. The van der Waals surface area contributed by atoms with Crippen LogP contribution in [0.3, 0.4) is 0 Å². The third kappa shape index (κ3) is 3.59. The van der Waals surface area contributed by atoms with Gasteiger partial charge < -0.3 is 11.1 Å². The number of nitrogens with zero attached hydrogens (tertiary/aromatic N) is 2. The molecule has 6 heteroatoms. The van der Waals surface area contributed by atoms with E-state index >= 15 is 0 Å². The smallest absolute Gasteiger partial charge is 0.249 e. The van der Waals surface area contributed by atoms with Crippen molar-refractivity contribution < 1.29 is 9.59 Å². The van der Waals surface area contributed by atoms with Crippen molar-refractivity contribution in [3.05, 3.63) is 35.9 Å². The molecular formula is C23H32N4O2. The number of nitrogens with two attached hydrogens (primary N) is 1. The highest BCUT2D eigenvalue weighted by Gasteiger charge is 2.67. The van der Waals surface area contributed by atoms with Crippen LogP contribution >= 0.6 is 0 Å². The molecule has 2 amide bonds. The van der Waals surface area contributed by atoms with Gasteiger partial charge in [0, 0.05) is 44.2 Å². The Kier molecular flexibility index (Phi) is 5.47. The molecule has 3 N–H and O–H groups in total. The molecule has 1 saturated heterocycles. The zero-order valence-electron chi connectivity index (χ0n) is 17.4. The molecule has 0 unspecified atom stereocenters. The second-order valence-corrected chi connectivity index (χ2v) is 9.32. The van der Waals surface area contributed by atoms with Gasteiger partial charge in [-0.15, -0.1) is 0 Å². The zero-order valence-corrected chi connectivity index (χ0v) is 17.4. The first-order valence-corrected chi connectivity index (χ1v) is 10.8. The number of rotatable bonds is 8. The summed E-state index contributed by atoms with van der Waals surface area (Å²) in [5, 5.41) is 2.98. The number of likely N-dealkylation sites (tertiary alicyclic amines) is 1. The second kappa shape index (κ2) is 7.90. The quantitative estimate of drug-likeness (QED) is 0.700. The number of aliphatic imine (C=N–C) groups is 1. The van der Waals surface area contributed by atoms with Crippen molar-refractivity contribution >= 4 is 18.0 Å². The number of hydrogen-bond donors (Lipinski definition) is 2. The van der Waals surface area contributed by atoms with Crippen LogP contribution in [0.15, 0.2) is 35.3 Å². The lowest BCUT2D eigenvalue weighted by Gasteiger charge is -2.51. The summed E-state index contributed by atoms with van der Waals surface area (Å²) in [5.41, 5.74) is 5.83. The van der Waals surface area contributed by atoms with Crippen molar-refractivity contribution in [3.8, 4) is 0 Å². The highest BCUT2D eigenvalue weighted by atomic mass is 16.2. The summed E-state index contributed by atoms with van der Waals surface area (Å²) in [7, 11) is 0. The Hall–Kier alpha value is -2.21. The molecular weight excluding hydrogens is 364 g/mol. The Balaban J connectivity index is 1.64. The molecule has 5 atom stereocenters. The summed E-state index contributed by atoms with van der Waals surface area (Å²) >= 11 is 0. The molecule has 4 aliphatic rings. The fraction of sp³-hybridized carbons (Fsp3) is 0.609. The van der Waals surface area contributed by atoms with E-state index in [0.29, 0.717) is 17.8 Å². The molecule has 6 nitrogen and oxygen atoms in total. The molecule has 3 heterocycles. The van der Waals surface area contributed by atoms with Crippen molar-refractivity contribution in [2.45, 2.75) is 44.7 Å². The molecule has 1 aromatic carbocycles. The average molecular weight is 397 g/mol. The first-order valence-electron chi connectivity index (χ1n) is 10.8. The zero-order chi connectivity index (χ0) is 20.6. The molecule has 1 aromatic rings. The number of hydrogen-bond acceptors (Lipinski definition) is 4. The maximum atomic E-state index is 13.4. The van der Waals surface area contributed by atoms with Gasteiger partial charge in [0.05, 0.1) is 0 Å². The van der Waals surface area contributed by atoms with Gasteiger partial charge in [0.25, 0.3) is 0 Å². The molecule has 1 aliphatic carbocycles. The predicted octanol–water partition coefficient (Wildman–Crippen LogP) is 1.64. The topological polar surface area (TPSA) is 87.8 Å². The summed E-state index contributed by atoms with van der Waals surface area (Å²) in [6, 6.07) is 10.7. The Morgan fingerprint density at radius 2 is 2.07 bits per heavy atom. The Morgan fingerprint density at radius 3 is 2.76 bits per heavy atom. The van der Waals surface area contributed by atoms with Crippen molar-refractivity contribution in [3.63, 3.8) is 0 Å². The van der Waals surface area contributed by atoms with Crippen LogP contribution < -0.4 is 11.1 Å². The van der Waals surface area contributed by atoms with E-state index in [0.717, 1.165) is 25.9 Å². The van der Waals surface area contributed by atoms with E-state index in [-0.39, 0.29) is 30.8 Å². The van der Waals surface area contributed by atoms with Gasteiger partial charge in [-0.1, -0.05) is 44.2 Å². The molecule has 0 radical (unpaired) electrons. The molecule has 4 bridgehead atoms. The van der Waals surface area contributed by atoms with Gasteiger partial charge in [-0.05, 0) is 36.2 Å². The minimum Gasteiger partial charge on any atom is -0.370 e. The van der Waals surface area contributed by atoms with E-state index in [1.54, 1.807) is 0 Å². The van der Waals surface area contributed by atoms with Crippen LogP contribution in [0.25, 0.3) is 0 Å². The van der Waals surface area contributed by atoms with E-state index in [2.05, 4.69) is 48.3 Å². The van der Waals surface area contributed by atoms with Crippen molar-refractivity contribution in [2.75, 3.05) is 19.6 Å². The lowest BCUT2D eigenvalue weighted by molar-refractivity contribution is -0.131. The lowest BCUT2D eigenvalue weighted by atomic mass is 9.59. The number of carbonyl (C=O) groups is 2. The SMILES string of the molecule is CC(C)CN1C[C@@H]2C[C@H]3C=N[C@]2(C(=O)NCCC(N)=O)[C@@H]1[C@@H]3Cc1ccccc1. The lowest BCUT2D eigenvalue weighted by Crippen LogP contribution is -2.66. The standard InChI is InChI=1S/C23H32N4O2/c1-15(2)13-27-14-18-11-17-12-26-23(18,22(29)25-9-8-20(24)28)21(27)19(17)10-16-6-4-3-5-7-16/h3-7,12,15,17-19,21H,8-11,13-14H2,1-2H3,(H2,24,28)(H,25,29)/t17-,18-,19+,21-,23-/m0/s1. The normalized spacial score (nSPS) is 32.7. The summed E-state index contributed by atoms with van der Waals surface area (Å²) in [6.07, 6.45) is 4.18. The fourth-order valence-corrected chi connectivity index (χ4v) is 5.84. The van der Waals surface area contributed by atoms with Crippen molar-refractivity contribution in [1.29, 1.82) is 0 Å². The van der Waals surface area contributed by atoms with Gasteiger partial charge in [-0.2, -0.15) is 0 Å². The van der Waals surface area contributed by atoms with E-state index in [9.17, 15) is 9.59 Å². The maximum absolute atomic E-state index is 13.4. The Morgan fingerprint density at radius 1 is 1.31 bits per heavy atom. The second-order valence-electron chi connectivity index (χ2n) is 9.32. The van der Waals surface area contributed by atoms with Crippen LogP contribution in [0.2, 0.25) is 0 Å². The minimum atomic E-state index is -0.735. The van der Waals surface area contributed by atoms with E-state index in [1.165, 1.54) is 5.56 Å². The van der Waals surface area contributed by atoms with Gasteiger partial charge in [0.2, 0.25) is 11.8 Å². The summed E-state index contributed by atoms with van der Waals surface area (Å²) in [6.45, 7) is 6.64. The number of amides is 2. The fourth-order valence-electron chi connectivity index (χ4n) is 5.84. The minimum absolute atomic E-state index is 0.0348. The van der Waals surface area contributed by atoms with Crippen LogP contribution in [-0.2, 0) is 16.0 Å². The molecule has 3 aliphatic heterocycles. The summed E-state index contributed by atoms with van der Waals surface area (Å²) < 4.78 is 0. The molecule has 0 aromatic heterocycles. The molecule has 0 spiro atoms. The van der Waals surface area contributed by atoms with Gasteiger partial charge in [0.1, 0.15) is 0 Å². The number of primary amides is 1. The largest absolute Gasteiger partial charge is 0.370 e. The number of benzene rings is 1. The van der Waals surface area contributed by atoms with Crippen LogP contribution in [0.1, 0.15) is 32.3 Å². The van der Waals surface area contributed by atoms with Gasteiger partial charge in [-0.25, -0.2) is 0 Å². The van der Waals surface area contributed by atoms with Crippen LogP contribution in [0.4, 0.5) is 0 Å². The van der Waals surface area contributed by atoms with Crippen LogP contribution in [0.5, 0.6) is 0 Å². The molecule has 1 saturated carbocycles. The monoisotopic (exact) mass is 396 g/mol. The Labute approximate surface area is 172 Å². The number of nitrogens with one attached hydrogen (secondary N) is 1. The van der Waals surface area contributed by atoms with Crippen LogP contribution in [0, 0.1) is 23.7 Å². The first-order chi connectivity index (χ1) is 13.9. The number of carbonyl (C=O) groups excluding carboxylic acids is 2. The highest BCUT2D eigenvalue weighted by Crippen LogP contribution is 2.54. The van der Waals surface area contributed by atoms with E-state index in [4.69, 9.17) is 10.7 Å². The first kappa shape index (κ1) is 20.1. The van der Waals surface area contributed by atoms with Crippen molar-refractivity contribution in [2.24, 2.45) is 34.4 Å². The molecule has 2 fully saturated rings. The third-order valence-corrected chi connectivity index (χ3v) is 6.85. The molecule has 156 valence electrons. The summed E-state index contributed by atoms with van der Waals surface area (Å²) in [4.78, 5) is 32.0. The molecule has 29 heavy (non-hydrogen) atoms. The molecule has 5 rings (SSSR count). The van der Waals surface area contributed by atoms with Gasteiger partial charge >= 0.3 is 0 Å². The summed E-state index contributed by atoms with van der Waals surface area (Å²) in [5.74, 6) is 1.13. The van der Waals surface area contributed by atoms with E-state index < -0.39 is 11.4 Å². The third-order valence-electron chi connectivity index (χ3n) is 6.85. The van der Waals surface area contributed by atoms with Crippen molar-refractivity contribution in [1.82, 2.24) is 10.2 Å². The maximum Gasteiger partial charge on any atom is 0.249 e. The predicted molar refractivity (Wildman–Crippen MR) is 113 cm³/mol. The van der Waals surface area contributed by atoms with Gasteiger partial charge in [-0.3, -0.25) is 19.5 Å². The van der Waals surface area contributed by atoms with E-state index in [1.807, 2.05) is 12.3 Å². The Bertz CT molecular complexity index is 793. The average Bonchev–Trinajstić information content (AvgIpc) is 2.93.